The number of nitrogens with zero attached hydrogens (tertiary/aromatic N) is 1. The molecule has 0 atom stereocenters. The first-order chi connectivity index (χ1) is 13.0. The fourth-order valence-electron chi connectivity index (χ4n) is 2.90. The quantitative estimate of drug-likeness (QED) is 0.441. The first-order valence-electron chi connectivity index (χ1n) is 8.85. The summed E-state index contributed by atoms with van der Waals surface area (Å²) in [6, 6.07) is 13.2. The van der Waals surface area contributed by atoms with Gasteiger partial charge in [-0.1, -0.05) is 18.6 Å². The molecule has 0 aliphatic heterocycles. The number of fused-ring (bicyclic) bond motifs is 1. The lowest BCUT2D eigenvalue weighted by molar-refractivity contribution is -0.116. The lowest BCUT2D eigenvalue weighted by atomic mass is 10.2. The van der Waals surface area contributed by atoms with E-state index in [4.69, 9.17) is 0 Å². The predicted octanol–water partition coefficient (Wildman–Crippen LogP) is 2.59. The van der Waals surface area contributed by atoms with Crippen LogP contribution in [0.25, 0.3) is 10.9 Å². The van der Waals surface area contributed by atoms with Crippen molar-refractivity contribution < 1.29 is 9.90 Å². The number of anilines is 1. The van der Waals surface area contributed by atoms with Gasteiger partial charge in [-0.25, -0.2) is 4.79 Å². The Hall–Kier alpha value is -3.35. The van der Waals surface area contributed by atoms with E-state index < -0.39 is 5.69 Å². The molecule has 0 aliphatic rings. The Morgan fingerprint density at radius 3 is 2.52 bits per heavy atom. The molecule has 0 spiro atoms. The van der Waals surface area contributed by atoms with Gasteiger partial charge in [0.2, 0.25) is 5.91 Å². The summed E-state index contributed by atoms with van der Waals surface area (Å²) in [7, 11) is 0. The number of aromatic nitrogens is 2. The van der Waals surface area contributed by atoms with Gasteiger partial charge in [0.15, 0.2) is 0 Å². The first kappa shape index (κ1) is 18.4. The van der Waals surface area contributed by atoms with Gasteiger partial charge in [0.1, 0.15) is 5.75 Å². The van der Waals surface area contributed by atoms with E-state index >= 15 is 0 Å². The summed E-state index contributed by atoms with van der Waals surface area (Å²) in [5.41, 5.74) is 0.463. The normalized spacial score (nSPS) is 10.8. The smallest absolute Gasteiger partial charge is 0.328 e. The molecule has 7 nitrogen and oxygen atoms in total. The Labute approximate surface area is 155 Å². The second-order valence-corrected chi connectivity index (χ2v) is 6.34. The van der Waals surface area contributed by atoms with E-state index in [1.165, 1.54) is 16.7 Å². The van der Waals surface area contributed by atoms with Crippen LogP contribution in [0.4, 0.5) is 5.69 Å². The molecule has 3 rings (SSSR count). The molecule has 1 aromatic heterocycles. The Balaban J connectivity index is 1.48. The van der Waals surface area contributed by atoms with Crippen molar-refractivity contribution in [3.05, 3.63) is 69.4 Å². The molecule has 0 radical (unpaired) electrons. The number of aromatic amines is 1. The van der Waals surface area contributed by atoms with Crippen molar-refractivity contribution in [1.29, 1.82) is 0 Å². The number of H-pyrrole nitrogens is 1. The first-order valence-corrected chi connectivity index (χ1v) is 8.85. The summed E-state index contributed by atoms with van der Waals surface area (Å²) in [5.74, 6) is 0.0355. The highest BCUT2D eigenvalue weighted by Crippen LogP contribution is 2.14. The number of unbranched alkanes of at least 4 members (excludes halogenated alkanes) is 2. The number of phenolic OH excluding ortho intramolecular Hbond substituents is 1. The molecule has 0 fully saturated rings. The second-order valence-electron chi connectivity index (χ2n) is 6.34. The Morgan fingerprint density at radius 1 is 1.00 bits per heavy atom. The molecule has 3 N–H and O–H groups in total. The van der Waals surface area contributed by atoms with Gasteiger partial charge in [-0.3, -0.25) is 14.2 Å². The number of para-hydroxylation sites is 1. The molecule has 0 bridgehead atoms. The summed E-state index contributed by atoms with van der Waals surface area (Å²) < 4.78 is 1.21. The molecule has 27 heavy (non-hydrogen) atoms. The number of benzene rings is 2. The second kappa shape index (κ2) is 8.35. The van der Waals surface area contributed by atoms with Crippen LogP contribution in [0.3, 0.4) is 0 Å². The van der Waals surface area contributed by atoms with Crippen molar-refractivity contribution in [2.24, 2.45) is 0 Å². The highest BCUT2D eigenvalue weighted by molar-refractivity contribution is 5.90. The minimum Gasteiger partial charge on any atom is -0.508 e. The number of hydrogen-bond acceptors (Lipinski definition) is 4. The summed E-state index contributed by atoms with van der Waals surface area (Å²) in [6.45, 7) is 0.318. The largest absolute Gasteiger partial charge is 0.508 e. The van der Waals surface area contributed by atoms with Crippen molar-refractivity contribution in [1.82, 2.24) is 9.55 Å². The molecular weight excluding hydrogens is 346 g/mol. The summed E-state index contributed by atoms with van der Waals surface area (Å²) in [5, 5.41) is 12.5. The number of carbonyl (C=O) groups is 1. The molecule has 0 aliphatic carbocycles. The highest BCUT2D eigenvalue weighted by Gasteiger charge is 2.07. The standard InChI is InChI=1S/C20H21N3O4/c24-15-11-9-14(10-12-15)21-18(25)8-2-1-5-13-23-19(26)16-6-3-4-7-17(16)22-20(23)27/h3-4,6-7,9-12,24H,1-2,5,8,13H2,(H,21,25)(H,22,27). The van der Waals surface area contributed by atoms with E-state index in [1.807, 2.05) is 0 Å². The van der Waals surface area contributed by atoms with Gasteiger partial charge in [0.25, 0.3) is 5.56 Å². The number of hydrogen-bond donors (Lipinski definition) is 3. The number of phenols is 1. The van der Waals surface area contributed by atoms with Gasteiger partial charge in [0.05, 0.1) is 10.9 Å². The van der Waals surface area contributed by atoms with Crippen LogP contribution < -0.4 is 16.6 Å². The Bertz CT molecular complexity index is 1050. The molecule has 7 heteroatoms. The van der Waals surface area contributed by atoms with Crippen molar-refractivity contribution in [2.45, 2.75) is 32.2 Å². The van der Waals surface area contributed by atoms with Crippen LogP contribution >= 0.6 is 0 Å². The number of carbonyl (C=O) groups excluding carboxylic acids is 1. The monoisotopic (exact) mass is 367 g/mol. The van der Waals surface area contributed by atoms with Gasteiger partial charge < -0.3 is 15.4 Å². The molecule has 1 amide bonds. The number of nitrogens with one attached hydrogen (secondary N) is 2. The highest BCUT2D eigenvalue weighted by atomic mass is 16.3. The summed E-state index contributed by atoms with van der Waals surface area (Å²) in [4.78, 5) is 39.1. The lowest BCUT2D eigenvalue weighted by Gasteiger charge is -2.07. The average molecular weight is 367 g/mol. The Morgan fingerprint density at radius 2 is 1.74 bits per heavy atom. The maximum atomic E-state index is 12.4. The van der Waals surface area contributed by atoms with Crippen LogP contribution in [0.15, 0.2) is 58.1 Å². The van der Waals surface area contributed by atoms with Crippen LogP contribution in [-0.2, 0) is 11.3 Å². The maximum absolute atomic E-state index is 12.4. The van der Waals surface area contributed by atoms with Gasteiger partial charge in [0, 0.05) is 18.7 Å². The van der Waals surface area contributed by atoms with E-state index in [2.05, 4.69) is 10.3 Å². The predicted molar refractivity (Wildman–Crippen MR) is 104 cm³/mol. The van der Waals surface area contributed by atoms with E-state index in [1.54, 1.807) is 36.4 Å². The molecule has 3 aromatic rings. The van der Waals surface area contributed by atoms with E-state index in [0.717, 1.165) is 6.42 Å². The molecular formula is C20H21N3O4. The zero-order valence-corrected chi connectivity index (χ0v) is 14.8. The summed E-state index contributed by atoms with van der Waals surface area (Å²) >= 11 is 0. The van der Waals surface area contributed by atoms with Crippen LogP contribution in [0.1, 0.15) is 25.7 Å². The van der Waals surface area contributed by atoms with Crippen LogP contribution in [-0.4, -0.2) is 20.6 Å². The van der Waals surface area contributed by atoms with Crippen LogP contribution in [0, 0.1) is 0 Å². The molecule has 0 unspecified atom stereocenters. The fourth-order valence-corrected chi connectivity index (χ4v) is 2.90. The number of rotatable bonds is 7. The van der Waals surface area contributed by atoms with Gasteiger partial charge in [-0.2, -0.15) is 0 Å². The third-order valence-corrected chi connectivity index (χ3v) is 4.33. The molecule has 2 aromatic carbocycles. The van der Waals surface area contributed by atoms with Gasteiger partial charge >= 0.3 is 5.69 Å². The van der Waals surface area contributed by atoms with Crippen LogP contribution in [0.5, 0.6) is 5.75 Å². The lowest BCUT2D eigenvalue weighted by Crippen LogP contribution is -2.35. The summed E-state index contributed by atoms with van der Waals surface area (Å²) in [6.07, 6.45) is 2.36. The zero-order valence-electron chi connectivity index (χ0n) is 14.8. The minimum absolute atomic E-state index is 0.110. The van der Waals surface area contributed by atoms with E-state index in [9.17, 15) is 19.5 Å². The van der Waals surface area contributed by atoms with E-state index in [0.29, 0.717) is 42.4 Å². The van der Waals surface area contributed by atoms with Gasteiger partial charge in [-0.15, -0.1) is 0 Å². The Kier molecular flexibility index (Phi) is 5.71. The van der Waals surface area contributed by atoms with Crippen molar-refractivity contribution >= 4 is 22.5 Å². The molecule has 140 valence electrons. The van der Waals surface area contributed by atoms with Crippen LogP contribution in [0.2, 0.25) is 0 Å². The molecule has 0 saturated heterocycles. The fraction of sp³-hybridized carbons (Fsp3) is 0.250. The average Bonchev–Trinajstić information content (AvgIpc) is 2.65. The third kappa shape index (κ3) is 4.63. The van der Waals surface area contributed by atoms with E-state index in [-0.39, 0.29) is 17.2 Å². The number of aromatic hydroxyl groups is 1. The maximum Gasteiger partial charge on any atom is 0.328 e. The van der Waals surface area contributed by atoms with Crippen molar-refractivity contribution in [2.75, 3.05) is 5.32 Å². The number of amides is 1. The van der Waals surface area contributed by atoms with Gasteiger partial charge in [-0.05, 0) is 49.2 Å². The molecule has 0 saturated carbocycles. The minimum atomic E-state index is -0.413. The topological polar surface area (TPSA) is 104 Å². The van der Waals surface area contributed by atoms with Crippen molar-refractivity contribution in [3.8, 4) is 5.75 Å². The van der Waals surface area contributed by atoms with Crippen molar-refractivity contribution in [3.63, 3.8) is 0 Å². The molecule has 1 heterocycles. The SMILES string of the molecule is O=C(CCCCCn1c(=O)[nH]c2ccccc2c1=O)Nc1ccc(O)cc1. The third-order valence-electron chi connectivity index (χ3n) is 4.33. The zero-order chi connectivity index (χ0) is 19.2.